The molecule has 0 aliphatic carbocycles. The summed E-state index contributed by atoms with van der Waals surface area (Å²) in [6, 6.07) is 2.66. The van der Waals surface area contributed by atoms with Gasteiger partial charge in [0.2, 0.25) is 0 Å². The molecule has 5 nitrogen and oxygen atoms in total. The molecule has 1 amide bonds. The topological polar surface area (TPSA) is 72.5 Å². The summed E-state index contributed by atoms with van der Waals surface area (Å²) in [5.74, 6) is -0.376. The van der Waals surface area contributed by atoms with E-state index in [-0.39, 0.29) is 22.4 Å². The highest BCUT2D eigenvalue weighted by Gasteiger charge is 2.20. The Balaban J connectivity index is 3.04. The summed E-state index contributed by atoms with van der Waals surface area (Å²) in [5.41, 5.74) is 0.845. The molecule has 0 spiro atoms. The monoisotopic (exact) mass is 397 g/mol. The molecule has 1 rings (SSSR count). The highest BCUT2D eigenvalue weighted by Crippen LogP contribution is 2.29. The van der Waals surface area contributed by atoms with Gasteiger partial charge in [0.1, 0.15) is 0 Å². The Bertz CT molecular complexity index is 633. The van der Waals surface area contributed by atoms with Crippen LogP contribution in [0.5, 0.6) is 0 Å². The number of carbonyl (C=O) groups is 1. The first-order valence-electron chi connectivity index (χ1n) is 6.30. The SMILES string of the molecule is CCOCC(C)NC(=O)c1cc(C)c(Br)c(S(=O)(=O)Cl)c1. The summed E-state index contributed by atoms with van der Waals surface area (Å²) in [5, 5.41) is 2.74. The molecule has 0 saturated heterocycles. The van der Waals surface area contributed by atoms with Gasteiger partial charge in [0.25, 0.3) is 15.0 Å². The van der Waals surface area contributed by atoms with E-state index >= 15 is 0 Å². The van der Waals surface area contributed by atoms with Gasteiger partial charge in [0, 0.05) is 33.4 Å². The third-order valence-electron chi connectivity index (χ3n) is 2.70. The second kappa shape index (κ2) is 7.58. The molecule has 118 valence electrons. The van der Waals surface area contributed by atoms with Crippen LogP contribution < -0.4 is 5.32 Å². The van der Waals surface area contributed by atoms with Gasteiger partial charge in [-0.3, -0.25) is 4.79 Å². The number of benzene rings is 1. The smallest absolute Gasteiger partial charge is 0.262 e. The van der Waals surface area contributed by atoms with Crippen molar-refractivity contribution in [2.75, 3.05) is 13.2 Å². The molecule has 1 atom stereocenters. The van der Waals surface area contributed by atoms with Crippen LogP contribution in [0.15, 0.2) is 21.5 Å². The van der Waals surface area contributed by atoms with Crippen LogP contribution >= 0.6 is 26.6 Å². The molecule has 21 heavy (non-hydrogen) atoms. The van der Waals surface area contributed by atoms with E-state index in [1.54, 1.807) is 19.9 Å². The van der Waals surface area contributed by atoms with Crippen molar-refractivity contribution in [2.24, 2.45) is 0 Å². The number of hydrogen-bond donors (Lipinski definition) is 1. The first-order chi connectivity index (χ1) is 9.66. The van der Waals surface area contributed by atoms with E-state index in [0.29, 0.717) is 23.2 Å². The third kappa shape index (κ3) is 5.25. The molecule has 0 radical (unpaired) electrons. The molecule has 1 unspecified atom stereocenters. The Hall–Kier alpha value is -0.630. The number of nitrogens with one attached hydrogen (secondary N) is 1. The predicted molar refractivity (Wildman–Crippen MR) is 85.3 cm³/mol. The van der Waals surface area contributed by atoms with E-state index in [1.165, 1.54) is 6.07 Å². The van der Waals surface area contributed by atoms with Crippen LogP contribution in [-0.4, -0.2) is 33.6 Å². The lowest BCUT2D eigenvalue weighted by Gasteiger charge is -2.15. The molecule has 1 aromatic rings. The van der Waals surface area contributed by atoms with E-state index in [2.05, 4.69) is 21.2 Å². The molecular formula is C13H17BrClNO4S. The van der Waals surface area contributed by atoms with Crippen molar-refractivity contribution >= 4 is 41.6 Å². The number of halogens is 2. The van der Waals surface area contributed by atoms with Crippen molar-refractivity contribution in [3.8, 4) is 0 Å². The van der Waals surface area contributed by atoms with Crippen LogP contribution in [-0.2, 0) is 13.8 Å². The highest BCUT2D eigenvalue weighted by molar-refractivity contribution is 9.10. The maximum Gasteiger partial charge on any atom is 0.262 e. The second-order valence-corrected chi connectivity index (χ2v) is 7.90. The van der Waals surface area contributed by atoms with Gasteiger partial charge < -0.3 is 10.1 Å². The summed E-state index contributed by atoms with van der Waals surface area (Å²) in [6.07, 6.45) is 0. The van der Waals surface area contributed by atoms with Crippen molar-refractivity contribution in [1.82, 2.24) is 5.32 Å². The number of carbonyl (C=O) groups excluding carboxylic acids is 1. The van der Waals surface area contributed by atoms with Gasteiger partial charge in [-0.15, -0.1) is 0 Å². The van der Waals surface area contributed by atoms with Crippen LogP contribution in [0.1, 0.15) is 29.8 Å². The molecule has 0 bridgehead atoms. The van der Waals surface area contributed by atoms with E-state index in [0.717, 1.165) is 0 Å². The maximum absolute atomic E-state index is 12.1. The lowest BCUT2D eigenvalue weighted by molar-refractivity contribution is 0.0871. The molecule has 1 N–H and O–H groups in total. The third-order valence-corrected chi connectivity index (χ3v) is 5.36. The van der Waals surface area contributed by atoms with E-state index in [1.807, 2.05) is 6.92 Å². The number of hydrogen-bond acceptors (Lipinski definition) is 4. The summed E-state index contributed by atoms with van der Waals surface area (Å²) >= 11 is 3.17. The zero-order chi connectivity index (χ0) is 16.2. The number of amides is 1. The zero-order valence-electron chi connectivity index (χ0n) is 11.9. The van der Waals surface area contributed by atoms with Crippen LogP contribution in [0.2, 0.25) is 0 Å². The lowest BCUT2D eigenvalue weighted by Crippen LogP contribution is -2.36. The Labute approximate surface area is 137 Å². The zero-order valence-corrected chi connectivity index (χ0v) is 15.1. The minimum atomic E-state index is -3.93. The normalized spacial score (nSPS) is 13.0. The molecule has 8 heteroatoms. The highest BCUT2D eigenvalue weighted by atomic mass is 79.9. The van der Waals surface area contributed by atoms with Crippen molar-refractivity contribution in [3.63, 3.8) is 0 Å². The average Bonchev–Trinajstić information content (AvgIpc) is 2.37. The van der Waals surface area contributed by atoms with Crippen LogP contribution in [0, 0.1) is 6.92 Å². The van der Waals surface area contributed by atoms with Crippen molar-refractivity contribution in [3.05, 3.63) is 27.7 Å². The minimum Gasteiger partial charge on any atom is -0.380 e. The maximum atomic E-state index is 12.1. The fourth-order valence-electron chi connectivity index (χ4n) is 1.69. The Kier molecular flexibility index (Phi) is 6.65. The molecule has 0 heterocycles. The molecular weight excluding hydrogens is 382 g/mol. The van der Waals surface area contributed by atoms with E-state index < -0.39 is 9.05 Å². The van der Waals surface area contributed by atoms with Gasteiger partial charge in [0.15, 0.2) is 0 Å². The largest absolute Gasteiger partial charge is 0.380 e. The molecule has 0 aliphatic rings. The van der Waals surface area contributed by atoms with E-state index in [4.69, 9.17) is 15.4 Å². The number of ether oxygens (including phenoxy) is 1. The minimum absolute atomic E-state index is 0.119. The van der Waals surface area contributed by atoms with Crippen LogP contribution in [0.25, 0.3) is 0 Å². The Morgan fingerprint density at radius 1 is 1.48 bits per heavy atom. The Morgan fingerprint density at radius 3 is 2.62 bits per heavy atom. The average molecular weight is 399 g/mol. The molecule has 0 fully saturated rings. The lowest BCUT2D eigenvalue weighted by atomic mass is 10.1. The summed E-state index contributed by atoms with van der Waals surface area (Å²) < 4.78 is 28.6. The fourth-order valence-corrected chi connectivity index (χ4v) is 3.84. The summed E-state index contributed by atoms with van der Waals surface area (Å²) in [6.45, 7) is 6.31. The van der Waals surface area contributed by atoms with Crippen LogP contribution in [0.4, 0.5) is 0 Å². The predicted octanol–water partition coefficient (Wildman–Crippen LogP) is 2.84. The van der Waals surface area contributed by atoms with Crippen LogP contribution in [0.3, 0.4) is 0 Å². The van der Waals surface area contributed by atoms with Gasteiger partial charge in [-0.2, -0.15) is 0 Å². The molecule has 0 saturated carbocycles. The second-order valence-electron chi connectivity index (χ2n) is 4.58. The standard InChI is InChI=1S/C13H17BrClNO4S/c1-4-20-7-9(3)16-13(17)10-5-8(2)12(14)11(6-10)21(15,18)19/h5-6,9H,4,7H2,1-3H3,(H,16,17). The molecule has 1 aromatic carbocycles. The fraction of sp³-hybridized carbons (Fsp3) is 0.462. The van der Waals surface area contributed by atoms with Gasteiger partial charge in [-0.1, -0.05) is 0 Å². The van der Waals surface area contributed by atoms with Crippen molar-refractivity contribution in [1.29, 1.82) is 0 Å². The van der Waals surface area contributed by atoms with Gasteiger partial charge in [0.05, 0.1) is 11.5 Å². The first kappa shape index (κ1) is 18.4. The van der Waals surface area contributed by atoms with Gasteiger partial charge >= 0.3 is 0 Å². The Morgan fingerprint density at radius 2 is 2.10 bits per heavy atom. The van der Waals surface area contributed by atoms with E-state index in [9.17, 15) is 13.2 Å². The summed E-state index contributed by atoms with van der Waals surface area (Å²) in [7, 11) is 1.44. The number of rotatable bonds is 6. The van der Waals surface area contributed by atoms with Gasteiger partial charge in [-0.05, 0) is 54.4 Å². The van der Waals surface area contributed by atoms with Crippen molar-refractivity contribution in [2.45, 2.75) is 31.7 Å². The van der Waals surface area contributed by atoms with Gasteiger partial charge in [-0.25, -0.2) is 8.42 Å². The van der Waals surface area contributed by atoms with Crippen molar-refractivity contribution < 1.29 is 17.9 Å². The first-order valence-corrected chi connectivity index (χ1v) is 9.40. The number of aryl methyl sites for hydroxylation is 1. The molecule has 0 aliphatic heterocycles. The molecule has 0 aromatic heterocycles. The quantitative estimate of drug-likeness (QED) is 0.748. The summed E-state index contributed by atoms with van der Waals surface area (Å²) in [4.78, 5) is 12.0.